The first-order valence-corrected chi connectivity index (χ1v) is 14.9. The zero-order valence-corrected chi connectivity index (χ0v) is 24.9. The van der Waals surface area contributed by atoms with Gasteiger partial charge in [0.25, 0.3) is 0 Å². The van der Waals surface area contributed by atoms with Gasteiger partial charge < -0.3 is 25.4 Å². The molecular weight excluding hydrogens is 530 g/mol. The molecule has 222 valence electrons. The fourth-order valence-electron chi connectivity index (χ4n) is 8.64. The number of aryl methyl sites for hydroxylation is 1. The van der Waals surface area contributed by atoms with Gasteiger partial charge in [-0.1, -0.05) is 75.4 Å². The second kappa shape index (κ2) is 9.90. The van der Waals surface area contributed by atoms with Crippen LogP contribution in [-0.4, -0.2) is 51.5 Å². The van der Waals surface area contributed by atoms with Crippen molar-refractivity contribution < 1.29 is 29.6 Å². The molecule has 2 aromatic rings. The molecular formula is C35H41NO6. The second-order valence-corrected chi connectivity index (χ2v) is 13.5. The van der Waals surface area contributed by atoms with Crippen molar-refractivity contribution in [1.29, 1.82) is 0 Å². The van der Waals surface area contributed by atoms with Crippen LogP contribution in [0.2, 0.25) is 0 Å². The van der Waals surface area contributed by atoms with E-state index in [2.05, 4.69) is 19.2 Å². The van der Waals surface area contributed by atoms with Gasteiger partial charge in [-0.05, 0) is 71.8 Å². The largest absolute Gasteiger partial charge is 0.451 e. The number of aliphatic hydroxyl groups is 3. The third-order valence-electron chi connectivity index (χ3n) is 10.9. The molecule has 4 N–H and O–H groups in total. The van der Waals surface area contributed by atoms with E-state index >= 15 is 0 Å². The second-order valence-electron chi connectivity index (χ2n) is 13.5. The minimum absolute atomic E-state index is 0.0577. The summed E-state index contributed by atoms with van der Waals surface area (Å²) in [4.78, 5) is 28.6. The van der Waals surface area contributed by atoms with Gasteiger partial charge in [-0.25, -0.2) is 4.79 Å². The van der Waals surface area contributed by atoms with Crippen molar-refractivity contribution in [3.05, 3.63) is 88.5 Å². The summed E-state index contributed by atoms with van der Waals surface area (Å²) in [6.45, 7) is 9.81. The normalized spacial score (nSPS) is 36.0. The highest BCUT2D eigenvalue weighted by Gasteiger charge is 2.76. The predicted molar refractivity (Wildman–Crippen MR) is 160 cm³/mol. The van der Waals surface area contributed by atoms with E-state index in [1.54, 1.807) is 19.1 Å². The first-order chi connectivity index (χ1) is 19.9. The molecule has 4 aliphatic carbocycles. The van der Waals surface area contributed by atoms with Crippen molar-refractivity contribution in [1.82, 2.24) is 0 Å². The maximum atomic E-state index is 14.6. The van der Waals surface area contributed by atoms with Crippen LogP contribution in [0, 0.1) is 41.4 Å². The monoisotopic (exact) mass is 571 g/mol. The summed E-state index contributed by atoms with van der Waals surface area (Å²) in [5.41, 5.74) is -0.334. The van der Waals surface area contributed by atoms with Crippen LogP contribution in [0.5, 0.6) is 0 Å². The van der Waals surface area contributed by atoms with Crippen LogP contribution in [0.4, 0.5) is 5.69 Å². The summed E-state index contributed by atoms with van der Waals surface area (Å²) in [6.07, 6.45) is 1.25. The highest BCUT2D eigenvalue weighted by molar-refractivity contribution is 5.98. The third-order valence-corrected chi connectivity index (χ3v) is 10.9. The molecule has 2 aromatic carbocycles. The number of ketones is 1. The lowest BCUT2D eigenvalue weighted by Crippen LogP contribution is -2.65. The molecule has 0 aromatic heterocycles. The first kappa shape index (κ1) is 28.8. The first-order valence-electron chi connectivity index (χ1n) is 14.9. The van der Waals surface area contributed by atoms with Crippen LogP contribution in [0.1, 0.15) is 55.6 Å². The molecule has 0 saturated heterocycles. The Morgan fingerprint density at radius 1 is 1.10 bits per heavy atom. The lowest BCUT2D eigenvalue weighted by atomic mass is 9.59. The molecule has 0 unspecified atom stereocenters. The number of aliphatic hydroxyl groups excluding tert-OH is 2. The Labute approximate surface area is 247 Å². The molecule has 7 heteroatoms. The Balaban J connectivity index is 1.38. The topological polar surface area (TPSA) is 116 Å². The zero-order chi connectivity index (χ0) is 30.2. The molecule has 0 amide bonds. The number of benzene rings is 2. The van der Waals surface area contributed by atoms with E-state index in [1.807, 2.05) is 62.4 Å². The number of hydrogen-bond acceptors (Lipinski definition) is 7. The fraction of sp³-hybridized carbons (Fsp3) is 0.486. The van der Waals surface area contributed by atoms with Gasteiger partial charge >= 0.3 is 5.97 Å². The molecule has 42 heavy (non-hydrogen) atoms. The van der Waals surface area contributed by atoms with E-state index in [-0.39, 0.29) is 34.5 Å². The highest BCUT2D eigenvalue weighted by Crippen LogP contribution is 2.71. The summed E-state index contributed by atoms with van der Waals surface area (Å²) in [7, 11) is 0. The van der Waals surface area contributed by atoms with Crippen LogP contribution < -0.4 is 5.32 Å². The maximum absolute atomic E-state index is 14.6. The Bertz CT molecular complexity index is 1490. The van der Waals surface area contributed by atoms with E-state index in [4.69, 9.17) is 4.74 Å². The standard InChI is InChI=1S/C35H41NO6/c1-19-10-9-13-26(36-17-22-11-7-6-8-12-22)27(19)32(40)42-31-20(2)16-34-21(3)14-25-28(33(25,4)5)24(30(34)39)15-23(18-37)29(38)35(31,34)41/h6-13,15-16,21,24-25,28-29,31,36-38,41H,14,17-18H2,1-5H3/t21-,24+,25-,28+,29-,31+,34-,35+/m1/s1. The summed E-state index contributed by atoms with van der Waals surface area (Å²) < 4.78 is 6.16. The molecule has 4 aliphatic rings. The van der Waals surface area contributed by atoms with Crippen molar-refractivity contribution in [3.8, 4) is 0 Å². The predicted octanol–water partition coefficient (Wildman–Crippen LogP) is 4.60. The highest BCUT2D eigenvalue weighted by atomic mass is 16.6. The lowest BCUT2D eigenvalue weighted by Gasteiger charge is -2.48. The van der Waals surface area contributed by atoms with Gasteiger partial charge in [-0.15, -0.1) is 0 Å². The number of esters is 1. The molecule has 0 radical (unpaired) electrons. The number of rotatable bonds is 6. The summed E-state index contributed by atoms with van der Waals surface area (Å²) in [5, 5.41) is 38.2. The number of hydrogen-bond donors (Lipinski definition) is 4. The molecule has 6 rings (SSSR count). The summed E-state index contributed by atoms with van der Waals surface area (Å²) in [5.74, 6) is -1.37. The van der Waals surface area contributed by atoms with Gasteiger partial charge in [0.2, 0.25) is 0 Å². The van der Waals surface area contributed by atoms with E-state index in [9.17, 15) is 24.9 Å². The van der Waals surface area contributed by atoms with Gasteiger partial charge in [-0.3, -0.25) is 4.79 Å². The Kier molecular flexibility index (Phi) is 6.80. The minimum atomic E-state index is -2.17. The van der Waals surface area contributed by atoms with Gasteiger partial charge in [0.1, 0.15) is 6.10 Å². The lowest BCUT2D eigenvalue weighted by molar-refractivity contribution is -0.190. The average molecular weight is 572 g/mol. The number of fused-ring (bicyclic) bond motifs is 3. The SMILES string of the molecule is CC1=C[C@@]23C(=O)[C@@H](C=C(CO)[C@@H](O)[C@]2(O)[C@H]1OC(=O)c1c(C)cccc1NCc1ccccc1)[C@H]1[C@@H](C[C@H]3C)C1(C)C. The van der Waals surface area contributed by atoms with E-state index < -0.39 is 41.7 Å². The number of carbonyl (C=O) groups excluding carboxylic acids is 2. The van der Waals surface area contributed by atoms with Gasteiger partial charge in [-0.2, -0.15) is 0 Å². The quantitative estimate of drug-likeness (QED) is 0.296. The van der Waals surface area contributed by atoms with Crippen molar-refractivity contribution in [2.75, 3.05) is 11.9 Å². The molecule has 0 heterocycles. The molecule has 0 aliphatic heterocycles. The smallest absolute Gasteiger partial charge is 0.341 e. The third kappa shape index (κ3) is 3.90. The van der Waals surface area contributed by atoms with Crippen molar-refractivity contribution in [3.63, 3.8) is 0 Å². The molecule has 1 spiro atoms. The number of anilines is 1. The van der Waals surface area contributed by atoms with Crippen molar-refractivity contribution >= 4 is 17.4 Å². The minimum Gasteiger partial charge on any atom is -0.451 e. The molecule has 2 fully saturated rings. The number of nitrogens with one attached hydrogen (secondary N) is 1. The summed E-state index contributed by atoms with van der Waals surface area (Å²) >= 11 is 0. The molecule has 8 atom stereocenters. The van der Waals surface area contributed by atoms with Gasteiger partial charge in [0.05, 0.1) is 17.6 Å². The van der Waals surface area contributed by atoms with Crippen LogP contribution in [0.15, 0.2) is 71.8 Å². The fourth-order valence-corrected chi connectivity index (χ4v) is 8.64. The van der Waals surface area contributed by atoms with Crippen LogP contribution in [-0.2, 0) is 16.1 Å². The van der Waals surface area contributed by atoms with Crippen LogP contribution in [0.3, 0.4) is 0 Å². The Morgan fingerprint density at radius 2 is 1.81 bits per heavy atom. The molecule has 2 bridgehead atoms. The molecule has 2 saturated carbocycles. The van der Waals surface area contributed by atoms with Gasteiger partial charge in [0, 0.05) is 18.2 Å². The van der Waals surface area contributed by atoms with Crippen molar-refractivity contribution in [2.24, 2.45) is 34.5 Å². The number of carbonyl (C=O) groups is 2. The molecule has 7 nitrogen and oxygen atoms in total. The Morgan fingerprint density at radius 3 is 2.50 bits per heavy atom. The number of ether oxygens (including phenoxy) is 1. The van der Waals surface area contributed by atoms with Crippen LogP contribution in [0.25, 0.3) is 0 Å². The van der Waals surface area contributed by atoms with Crippen LogP contribution >= 0.6 is 0 Å². The maximum Gasteiger partial charge on any atom is 0.341 e. The van der Waals surface area contributed by atoms with E-state index in [1.165, 1.54) is 0 Å². The number of Topliss-reactive ketones (excluding diaryl/α,β-unsaturated/α-hetero) is 1. The number of allylic oxidation sites excluding steroid dienone is 1. The van der Waals surface area contributed by atoms with E-state index in [0.29, 0.717) is 35.4 Å². The zero-order valence-electron chi connectivity index (χ0n) is 24.9. The van der Waals surface area contributed by atoms with Gasteiger partial charge in [0.15, 0.2) is 17.5 Å². The van der Waals surface area contributed by atoms with Crippen molar-refractivity contribution in [2.45, 2.75) is 65.4 Å². The van der Waals surface area contributed by atoms with E-state index in [0.717, 1.165) is 5.56 Å². The summed E-state index contributed by atoms with van der Waals surface area (Å²) in [6, 6.07) is 15.3. The Hall–Kier alpha value is -3.26. The average Bonchev–Trinajstić information content (AvgIpc) is 3.45.